The van der Waals surface area contributed by atoms with Gasteiger partial charge in [-0.05, 0) is 36.2 Å². The Morgan fingerprint density at radius 1 is 1.50 bits per heavy atom. The highest BCUT2D eigenvalue weighted by atomic mass is 35.5. The number of thiophene rings is 1. The number of anilines is 1. The molecule has 1 atom stereocenters. The topological polar surface area (TPSA) is 26.0 Å². The molecule has 1 unspecified atom stereocenters. The Kier molecular flexibility index (Phi) is 3.24. The zero-order valence-electron chi connectivity index (χ0n) is 10.3. The summed E-state index contributed by atoms with van der Waals surface area (Å²) < 4.78 is 0.792. The van der Waals surface area contributed by atoms with Crippen molar-refractivity contribution in [3.05, 3.63) is 14.8 Å². The standard InChI is InChI=1S/C13H20ClNS/c1-4-13(2,3)8-5-6-9-10(7-8)16-12(14)11(9)15/h8H,4-7,15H2,1-3H3. The van der Waals surface area contributed by atoms with Gasteiger partial charge in [0.1, 0.15) is 4.34 Å². The first-order chi connectivity index (χ1) is 7.45. The van der Waals surface area contributed by atoms with E-state index in [-0.39, 0.29) is 0 Å². The highest BCUT2D eigenvalue weighted by Gasteiger charge is 2.33. The molecule has 0 radical (unpaired) electrons. The zero-order valence-corrected chi connectivity index (χ0v) is 11.8. The maximum atomic E-state index is 6.11. The van der Waals surface area contributed by atoms with Crippen LogP contribution in [-0.2, 0) is 12.8 Å². The summed E-state index contributed by atoms with van der Waals surface area (Å²) in [4.78, 5) is 1.43. The third-order valence-corrected chi connectivity index (χ3v) is 5.77. The molecule has 1 heterocycles. The van der Waals surface area contributed by atoms with E-state index in [1.807, 2.05) is 0 Å². The molecule has 0 aliphatic heterocycles. The SMILES string of the molecule is CCC(C)(C)C1CCc2c(sc(Cl)c2N)C1. The average molecular weight is 258 g/mol. The molecule has 0 amide bonds. The predicted molar refractivity (Wildman–Crippen MR) is 73.3 cm³/mol. The molecule has 1 aliphatic carbocycles. The molecule has 0 fully saturated rings. The maximum Gasteiger partial charge on any atom is 0.116 e. The van der Waals surface area contributed by atoms with Gasteiger partial charge in [0.2, 0.25) is 0 Å². The first kappa shape index (κ1) is 12.3. The highest BCUT2D eigenvalue weighted by molar-refractivity contribution is 7.17. The lowest BCUT2D eigenvalue weighted by Crippen LogP contribution is -2.28. The van der Waals surface area contributed by atoms with Crippen LogP contribution in [0.25, 0.3) is 0 Å². The third kappa shape index (κ3) is 1.98. The Bertz CT molecular complexity index is 395. The lowest BCUT2D eigenvalue weighted by atomic mass is 9.70. The van der Waals surface area contributed by atoms with Crippen LogP contribution in [0.4, 0.5) is 5.69 Å². The number of nitrogen functional groups attached to an aromatic ring is 1. The molecular weight excluding hydrogens is 238 g/mol. The minimum atomic E-state index is 0.433. The lowest BCUT2D eigenvalue weighted by Gasteiger charge is -2.36. The van der Waals surface area contributed by atoms with E-state index < -0.39 is 0 Å². The van der Waals surface area contributed by atoms with E-state index in [1.54, 1.807) is 11.3 Å². The van der Waals surface area contributed by atoms with E-state index in [9.17, 15) is 0 Å². The third-order valence-electron chi connectivity index (χ3n) is 4.28. The van der Waals surface area contributed by atoms with Crippen molar-refractivity contribution in [1.29, 1.82) is 0 Å². The lowest BCUT2D eigenvalue weighted by molar-refractivity contribution is 0.184. The largest absolute Gasteiger partial charge is 0.397 e. The summed E-state index contributed by atoms with van der Waals surface area (Å²) in [5.74, 6) is 0.777. The summed E-state index contributed by atoms with van der Waals surface area (Å²) in [6.45, 7) is 7.04. The van der Waals surface area contributed by atoms with Gasteiger partial charge in [-0.3, -0.25) is 0 Å². The number of halogens is 1. The molecule has 0 spiro atoms. The number of hydrogen-bond acceptors (Lipinski definition) is 2. The van der Waals surface area contributed by atoms with Crippen LogP contribution in [0.2, 0.25) is 4.34 Å². The molecule has 1 aromatic rings. The van der Waals surface area contributed by atoms with E-state index in [0.717, 1.165) is 28.8 Å². The van der Waals surface area contributed by atoms with Crippen LogP contribution in [0.15, 0.2) is 0 Å². The Morgan fingerprint density at radius 2 is 2.19 bits per heavy atom. The number of rotatable bonds is 2. The Labute approximate surface area is 107 Å². The molecule has 1 nitrogen and oxygen atoms in total. The van der Waals surface area contributed by atoms with Gasteiger partial charge in [-0.1, -0.05) is 38.8 Å². The summed E-state index contributed by atoms with van der Waals surface area (Å²) >= 11 is 7.80. The molecular formula is C13H20ClNS. The number of nitrogens with two attached hydrogens (primary N) is 1. The summed E-state index contributed by atoms with van der Waals surface area (Å²) in [5.41, 5.74) is 8.60. The summed E-state index contributed by atoms with van der Waals surface area (Å²) in [5, 5.41) is 0. The van der Waals surface area contributed by atoms with E-state index in [4.69, 9.17) is 17.3 Å². The van der Waals surface area contributed by atoms with Gasteiger partial charge >= 0.3 is 0 Å². The highest BCUT2D eigenvalue weighted by Crippen LogP contribution is 2.46. The van der Waals surface area contributed by atoms with Crippen LogP contribution in [0.1, 0.15) is 44.1 Å². The van der Waals surface area contributed by atoms with Crippen molar-refractivity contribution in [1.82, 2.24) is 0 Å². The smallest absolute Gasteiger partial charge is 0.116 e. The second-order valence-electron chi connectivity index (χ2n) is 5.47. The molecule has 1 aromatic heterocycles. The van der Waals surface area contributed by atoms with Crippen LogP contribution in [0.3, 0.4) is 0 Å². The monoisotopic (exact) mass is 257 g/mol. The molecule has 0 saturated carbocycles. The van der Waals surface area contributed by atoms with Crippen molar-refractivity contribution >= 4 is 28.6 Å². The van der Waals surface area contributed by atoms with Crippen LogP contribution in [0, 0.1) is 11.3 Å². The van der Waals surface area contributed by atoms with Crippen LogP contribution < -0.4 is 5.73 Å². The van der Waals surface area contributed by atoms with Crippen molar-refractivity contribution in [3.63, 3.8) is 0 Å². The molecule has 2 N–H and O–H groups in total. The second-order valence-corrected chi connectivity index (χ2v) is 7.18. The minimum Gasteiger partial charge on any atom is -0.397 e. The van der Waals surface area contributed by atoms with Gasteiger partial charge in [-0.2, -0.15) is 0 Å². The van der Waals surface area contributed by atoms with Crippen LogP contribution in [0.5, 0.6) is 0 Å². The van der Waals surface area contributed by atoms with E-state index in [0.29, 0.717) is 5.41 Å². The first-order valence-corrected chi connectivity index (χ1v) is 7.20. The van der Waals surface area contributed by atoms with Crippen molar-refractivity contribution in [3.8, 4) is 0 Å². The summed E-state index contributed by atoms with van der Waals surface area (Å²) in [6.07, 6.45) is 4.77. The van der Waals surface area contributed by atoms with Crippen LogP contribution >= 0.6 is 22.9 Å². The molecule has 1 aliphatic rings. The zero-order chi connectivity index (χ0) is 11.9. The summed E-state index contributed by atoms with van der Waals surface area (Å²) in [6, 6.07) is 0. The average Bonchev–Trinajstić information content (AvgIpc) is 2.54. The fourth-order valence-corrected chi connectivity index (χ4v) is 4.00. The van der Waals surface area contributed by atoms with E-state index in [1.165, 1.54) is 23.3 Å². The summed E-state index contributed by atoms with van der Waals surface area (Å²) in [7, 11) is 0. The fourth-order valence-electron chi connectivity index (χ4n) is 2.53. The fraction of sp³-hybridized carbons (Fsp3) is 0.692. The molecule has 2 rings (SSSR count). The normalized spacial score (nSPS) is 20.9. The molecule has 90 valence electrons. The van der Waals surface area contributed by atoms with Crippen LogP contribution in [-0.4, -0.2) is 0 Å². The molecule has 0 saturated heterocycles. The van der Waals surface area contributed by atoms with Crippen molar-refractivity contribution in [2.45, 2.75) is 46.5 Å². The van der Waals surface area contributed by atoms with Gasteiger partial charge in [0, 0.05) is 4.88 Å². The van der Waals surface area contributed by atoms with Gasteiger partial charge in [-0.25, -0.2) is 0 Å². The van der Waals surface area contributed by atoms with Gasteiger partial charge in [0.05, 0.1) is 5.69 Å². The van der Waals surface area contributed by atoms with Gasteiger partial charge < -0.3 is 5.73 Å². The number of hydrogen-bond donors (Lipinski definition) is 1. The second kappa shape index (κ2) is 4.23. The molecule has 0 aromatic carbocycles. The van der Waals surface area contributed by atoms with Crippen molar-refractivity contribution in [2.75, 3.05) is 5.73 Å². The number of fused-ring (bicyclic) bond motifs is 1. The van der Waals surface area contributed by atoms with Crippen molar-refractivity contribution < 1.29 is 0 Å². The molecule has 16 heavy (non-hydrogen) atoms. The molecule has 3 heteroatoms. The van der Waals surface area contributed by atoms with Gasteiger partial charge in [0.25, 0.3) is 0 Å². The van der Waals surface area contributed by atoms with E-state index >= 15 is 0 Å². The first-order valence-electron chi connectivity index (χ1n) is 6.01. The van der Waals surface area contributed by atoms with Gasteiger partial charge in [-0.15, -0.1) is 11.3 Å². The Hall–Kier alpha value is -0.210. The quantitative estimate of drug-likeness (QED) is 0.828. The predicted octanol–water partition coefficient (Wildman–Crippen LogP) is 4.52. The minimum absolute atomic E-state index is 0.433. The van der Waals surface area contributed by atoms with Gasteiger partial charge in [0.15, 0.2) is 0 Å². The maximum absolute atomic E-state index is 6.11. The molecule has 0 bridgehead atoms. The Morgan fingerprint density at radius 3 is 2.81 bits per heavy atom. The van der Waals surface area contributed by atoms with Crippen molar-refractivity contribution in [2.24, 2.45) is 11.3 Å². The Balaban J connectivity index is 2.25. The van der Waals surface area contributed by atoms with E-state index in [2.05, 4.69) is 20.8 Å².